The van der Waals surface area contributed by atoms with Crippen molar-refractivity contribution in [3.63, 3.8) is 0 Å². The maximum absolute atomic E-state index is 4.23. The van der Waals surface area contributed by atoms with Crippen molar-refractivity contribution in [1.82, 2.24) is 4.98 Å². The highest BCUT2D eigenvalue weighted by atomic mass is 15.4. The van der Waals surface area contributed by atoms with Gasteiger partial charge in [0.2, 0.25) is 0 Å². The van der Waals surface area contributed by atoms with Gasteiger partial charge in [-0.3, -0.25) is 4.98 Å². The van der Waals surface area contributed by atoms with Crippen LogP contribution in [0.5, 0.6) is 0 Å². The summed E-state index contributed by atoms with van der Waals surface area (Å²) in [7, 11) is 2.33. The molecule has 0 saturated carbocycles. The minimum Gasteiger partial charge on any atom is -0.317 e. The van der Waals surface area contributed by atoms with Crippen molar-refractivity contribution < 1.29 is 4.48 Å². The predicted molar refractivity (Wildman–Crippen MR) is 62.3 cm³/mol. The summed E-state index contributed by atoms with van der Waals surface area (Å²) in [5.41, 5.74) is 1.37. The van der Waals surface area contributed by atoms with Gasteiger partial charge in [0.1, 0.15) is 6.04 Å². The molecule has 2 unspecified atom stereocenters. The molecule has 0 aromatic carbocycles. The first-order valence-corrected chi connectivity index (χ1v) is 5.65. The minimum absolute atomic E-state index is 0.577. The molecule has 80 valence electrons. The molecule has 2 heteroatoms. The largest absolute Gasteiger partial charge is 0.317 e. The van der Waals surface area contributed by atoms with Gasteiger partial charge in [-0.25, -0.2) is 0 Å². The first kappa shape index (κ1) is 10.4. The highest BCUT2D eigenvalue weighted by Gasteiger charge is 2.32. The van der Waals surface area contributed by atoms with Crippen LogP contribution in [0.2, 0.25) is 0 Å². The van der Waals surface area contributed by atoms with Gasteiger partial charge in [0, 0.05) is 24.4 Å². The van der Waals surface area contributed by atoms with Crippen molar-refractivity contribution in [3.05, 3.63) is 42.2 Å². The topological polar surface area (TPSA) is 12.9 Å². The van der Waals surface area contributed by atoms with E-state index in [9.17, 15) is 0 Å². The second-order valence-electron chi connectivity index (χ2n) is 4.49. The summed E-state index contributed by atoms with van der Waals surface area (Å²) in [6.07, 6.45) is 9.59. The predicted octanol–water partition coefficient (Wildman–Crippen LogP) is 2.55. The molecule has 0 spiro atoms. The molecule has 2 nitrogen and oxygen atoms in total. The van der Waals surface area contributed by atoms with Crippen LogP contribution in [0.3, 0.4) is 0 Å². The lowest BCUT2D eigenvalue weighted by atomic mass is 9.98. The van der Waals surface area contributed by atoms with Crippen LogP contribution < -0.4 is 0 Å². The van der Waals surface area contributed by atoms with E-state index in [0.717, 1.165) is 17.4 Å². The summed E-state index contributed by atoms with van der Waals surface area (Å²) in [5, 5.41) is 0. The smallest absolute Gasteiger partial charge is 0.120 e. The molecule has 2 heterocycles. The maximum atomic E-state index is 4.23. The second-order valence-corrected chi connectivity index (χ2v) is 4.49. The molecule has 0 amide bonds. The quantitative estimate of drug-likeness (QED) is 0.532. The Labute approximate surface area is 91.8 Å². The molecule has 2 rings (SSSR count). The molecule has 1 aromatic heterocycles. The third kappa shape index (κ3) is 1.95. The van der Waals surface area contributed by atoms with Crippen LogP contribution in [0.1, 0.15) is 24.9 Å². The highest BCUT2D eigenvalue weighted by Crippen LogP contribution is 2.32. The number of quaternary nitrogens is 1. The Bertz CT molecular complexity index is 345. The SMILES string of the molecule is CC[N+]1(C)CC=CCC1c1cccnc1. The van der Waals surface area contributed by atoms with E-state index in [4.69, 9.17) is 0 Å². The molecule has 1 aromatic rings. The Balaban J connectivity index is 2.31. The van der Waals surface area contributed by atoms with Crippen LogP contribution in [0.25, 0.3) is 0 Å². The van der Waals surface area contributed by atoms with Gasteiger partial charge in [0.15, 0.2) is 0 Å². The monoisotopic (exact) mass is 203 g/mol. The maximum Gasteiger partial charge on any atom is 0.120 e. The van der Waals surface area contributed by atoms with E-state index in [2.05, 4.69) is 37.2 Å². The summed E-state index contributed by atoms with van der Waals surface area (Å²) in [4.78, 5) is 4.23. The molecule has 0 radical (unpaired) electrons. The average Bonchev–Trinajstić information content (AvgIpc) is 2.31. The van der Waals surface area contributed by atoms with Crippen molar-refractivity contribution in [2.24, 2.45) is 0 Å². The summed E-state index contributed by atoms with van der Waals surface area (Å²) in [6, 6.07) is 4.81. The Kier molecular flexibility index (Phi) is 2.87. The molecule has 0 saturated heterocycles. The average molecular weight is 203 g/mol. The molecule has 0 N–H and O–H groups in total. The molecular formula is C13H19N2+. The fraction of sp³-hybridized carbons (Fsp3) is 0.462. The van der Waals surface area contributed by atoms with Crippen LogP contribution in [0.15, 0.2) is 36.7 Å². The fourth-order valence-electron chi connectivity index (χ4n) is 2.34. The van der Waals surface area contributed by atoms with E-state index in [1.165, 1.54) is 12.1 Å². The fourth-order valence-corrected chi connectivity index (χ4v) is 2.34. The first-order valence-electron chi connectivity index (χ1n) is 5.65. The molecular weight excluding hydrogens is 184 g/mol. The van der Waals surface area contributed by atoms with Gasteiger partial charge in [-0.2, -0.15) is 0 Å². The van der Waals surface area contributed by atoms with Crippen molar-refractivity contribution in [3.8, 4) is 0 Å². The Morgan fingerprint density at radius 1 is 1.47 bits per heavy atom. The van der Waals surface area contributed by atoms with Crippen LogP contribution >= 0.6 is 0 Å². The molecule has 0 aliphatic carbocycles. The van der Waals surface area contributed by atoms with Crippen LogP contribution in [-0.4, -0.2) is 29.6 Å². The van der Waals surface area contributed by atoms with Gasteiger partial charge in [0.05, 0.1) is 20.1 Å². The van der Waals surface area contributed by atoms with Gasteiger partial charge < -0.3 is 4.48 Å². The van der Waals surface area contributed by atoms with Gasteiger partial charge >= 0.3 is 0 Å². The summed E-state index contributed by atoms with van der Waals surface area (Å²) in [6.45, 7) is 4.57. The normalized spacial score (nSPS) is 30.4. The van der Waals surface area contributed by atoms with E-state index in [1.54, 1.807) is 0 Å². The van der Waals surface area contributed by atoms with Crippen molar-refractivity contribution >= 4 is 0 Å². The van der Waals surface area contributed by atoms with Crippen molar-refractivity contribution in [1.29, 1.82) is 0 Å². The first-order chi connectivity index (χ1) is 7.26. The van der Waals surface area contributed by atoms with E-state index < -0.39 is 0 Å². The van der Waals surface area contributed by atoms with Gasteiger partial charge in [-0.05, 0) is 19.1 Å². The van der Waals surface area contributed by atoms with E-state index in [1.807, 2.05) is 18.5 Å². The number of hydrogen-bond donors (Lipinski definition) is 0. The number of aromatic nitrogens is 1. The number of nitrogens with zero attached hydrogens (tertiary/aromatic N) is 2. The van der Waals surface area contributed by atoms with Crippen LogP contribution in [-0.2, 0) is 0 Å². The number of hydrogen-bond acceptors (Lipinski definition) is 1. The lowest BCUT2D eigenvalue weighted by molar-refractivity contribution is -0.934. The lowest BCUT2D eigenvalue weighted by Crippen LogP contribution is -2.48. The van der Waals surface area contributed by atoms with Crippen molar-refractivity contribution in [2.75, 3.05) is 20.1 Å². The van der Waals surface area contributed by atoms with Crippen LogP contribution in [0, 0.1) is 0 Å². The number of pyridine rings is 1. The third-order valence-corrected chi connectivity index (χ3v) is 3.59. The standard InChI is InChI=1S/C13H19N2/c1-3-15(2)10-5-4-8-13(15)12-7-6-9-14-11-12/h4-7,9,11,13H,3,8,10H2,1-2H3/q+1. The van der Waals surface area contributed by atoms with E-state index >= 15 is 0 Å². The zero-order chi connectivity index (χ0) is 10.7. The second kappa shape index (κ2) is 4.15. The Morgan fingerprint density at radius 2 is 2.33 bits per heavy atom. The molecule has 0 fully saturated rings. The number of rotatable bonds is 2. The summed E-state index contributed by atoms with van der Waals surface area (Å²) >= 11 is 0. The van der Waals surface area contributed by atoms with E-state index in [0.29, 0.717) is 6.04 Å². The summed E-state index contributed by atoms with van der Waals surface area (Å²) in [5.74, 6) is 0. The highest BCUT2D eigenvalue weighted by molar-refractivity contribution is 5.14. The van der Waals surface area contributed by atoms with Gasteiger partial charge in [-0.15, -0.1) is 0 Å². The Hall–Kier alpha value is -1.15. The molecule has 0 bridgehead atoms. The minimum atomic E-state index is 0.577. The molecule has 1 aliphatic rings. The number of likely N-dealkylation sites (N-methyl/N-ethyl adjacent to an activating group) is 1. The van der Waals surface area contributed by atoms with Gasteiger partial charge in [0.25, 0.3) is 0 Å². The van der Waals surface area contributed by atoms with E-state index in [-0.39, 0.29) is 0 Å². The molecule has 2 atom stereocenters. The van der Waals surface area contributed by atoms with Gasteiger partial charge in [-0.1, -0.05) is 12.1 Å². The van der Waals surface area contributed by atoms with Crippen LogP contribution in [0.4, 0.5) is 0 Å². The zero-order valence-corrected chi connectivity index (χ0v) is 9.56. The third-order valence-electron chi connectivity index (χ3n) is 3.59. The van der Waals surface area contributed by atoms with Crippen molar-refractivity contribution in [2.45, 2.75) is 19.4 Å². The summed E-state index contributed by atoms with van der Waals surface area (Å²) < 4.78 is 1.10. The molecule has 1 aliphatic heterocycles. The zero-order valence-electron chi connectivity index (χ0n) is 9.56. The molecule has 15 heavy (non-hydrogen) atoms. The Morgan fingerprint density at radius 3 is 3.00 bits per heavy atom. The lowest BCUT2D eigenvalue weighted by Gasteiger charge is -2.42.